The molecule has 0 bridgehead atoms. The third-order valence-electron chi connectivity index (χ3n) is 6.65. The number of rotatable bonds is 4. The maximum atomic E-state index is 5.95. The fraction of sp³-hybridized carbons (Fsp3) is 0.682. The number of benzene rings is 1. The highest BCUT2D eigenvalue weighted by molar-refractivity contribution is 14.0. The van der Waals surface area contributed by atoms with E-state index in [9.17, 15) is 0 Å². The summed E-state index contributed by atoms with van der Waals surface area (Å²) in [5, 5.41) is 3.84. The monoisotopic (exact) mass is 483 g/mol. The summed E-state index contributed by atoms with van der Waals surface area (Å²) in [6, 6.07) is 11.4. The Labute approximate surface area is 181 Å². The normalized spacial score (nSPS) is 31.8. The van der Waals surface area contributed by atoms with Crippen molar-refractivity contribution >= 4 is 29.9 Å². The molecule has 1 aromatic rings. The predicted octanol–water partition coefficient (Wildman–Crippen LogP) is 3.95. The second kappa shape index (κ2) is 8.68. The quantitative estimate of drug-likeness (QED) is 0.401. The van der Waals surface area contributed by atoms with Gasteiger partial charge in [-0.15, -0.1) is 24.0 Å². The van der Waals surface area contributed by atoms with Crippen molar-refractivity contribution in [3.05, 3.63) is 35.9 Å². The third kappa shape index (κ3) is 4.14. The van der Waals surface area contributed by atoms with Gasteiger partial charge in [0.2, 0.25) is 0 Å². The lowest BCUT2D eigenvalue weighted by molar-refractivity contribution is -0.107. The smallest absolute Gasteiger partial charge is 0.194 e. The third-order valence-corrected chi connectivity index (χ3v) is 6.65. The number of nitrogens with zero attached hydrogens (tertiary/aromatic N) is 2. The molecule has 4 atom stereocenters. The van der Waals surface area contributed by atoms with Crippen LogP contribution in [0.4, 0.5) is 0 Å². The van der Waals surface area contributed by atoms with Crippen molar-refractivity contribution in [3.8, 4) is 0 Å². The molecular weight excluding hydrogens is 449 g/mol. The standard InChI is InChI=1S/C22H33N3O.HI/c1-4-23-21(24-19-18-11-13-26-20(18)22(19,2)3)25-12-10-17(15-25)14-16-8-6-5-7-9-16;/h5-9,17-20H,4,10-15H2,1-3H3,(H,23,24);1H. The number of ether oxygens (including phenoxy) is 1. The van der Waals surface area contributed by atoms with Crippen molar-refractivity contribution < 1.29 is 4.74 Å². The summed E-state index contributed by atoms with van der Waals surface area (Å²) in [7, 11) is 0. The summed E-state index contributed by atoms with van der Waals surface area (Å²) in [5.74, 6) is 2.49. The molecule has 1 aromatic carbocycles. The average molecular weight is 483 g/mol. The van der Waals surface area contributed by atoms with Gasteiger partial charge in [-0.3, -0.25) is 4.99 Å². The van der Waals surface area contributed by atoms with Crippen molar-refractivity contribution in [1.29, 1.82) is 0 Å². The minimum atomic E-state index is 0. The fourth-order valence-electron chi connectivity index (χ4n) is 5.28. The first-order chi connectivity index (χ1) is 12.6. The molecule has 150 valence electrons. The van der Waals surface area contributed by atoms with Gasteiger partial charge >= 0.3 is 0 Å². The molecule has 0 amide bonds. The number of hydrogen-bond acceptors (Lipinski definition) is 2. The highest BCUT2D eigenvalue weighted by atomic mass is 127. The average Bonchev–Trinajstić information content (AvgIpc) is 3.28. The Morgan fingerprint density at radius 2 is 2.04 bits per heavy atom. The Kier molecular flexibility index (Phi) is 6.72. The van der Waals surface area contributed by atoms with Crippen LogP contribution in [-0.2, 0) is 11.2 Å². The summed E-state index contributed by atoms with van der Waals surface area (Å²) < 4.78 is 5.95. The molecule has 0 aromatic heterocycles. The van der Waals surface area contributed by atoms with Crippen molar-refractivity contribution in [3.63, 3.8) is 0 Å². The van der Waals surface area contributed by atoms with Gasteiger partial charge in [-0.2, -0.15) is 0 Å². The maximum Gasteiger partial charge on any atom is 0.194 e. The van der Waals surface area contributed by atoms with Crippen LogP contribution in [0.2, 0.25) is 0 Å². The molecule has 1 aliphatic carbocycles. The number of aliphatic imine (C=N–C) groups is 1. The summed E-state index contributed by atoms with van der Waals surface area (Å²) in [5.41, 5.74) is 1.64. The Balaban J connectivity index is 0.00000210. The fourth-order valence-corrected chi connectivity index (χ4v) is 5.28. The van der Waals surface area contributed by atoms with Crippen LogP contribution < -0.4 is 5.32 Å². The lowest BCUT2D eigenvalue weighted by atomic mass is 9.57. The molecule has 1 N–H and O–H groups in total. The number of fused-ring (bicyclic) bond motifs is 1. The molecule has 4 unspecified atom stereocenters. The Hall–Kier alpha value is -0.820. The van der Waals surface area contributed by atoms with E-state index in [1.165, 1.54) is 24.8 Å². The van der Waals surface area contributed by atoms with Gasteiger partial charge in [0.05, 0.1) is 6.10 Å². The van der Waals surface area contributed by atoms with E-state index >= 15 is 0 Å². The van der Waals surface area contributed by atoms with E-state index in [1.807, 2.05) is 0 Å². The Morgan fingerprint density at radius 1 is 1.26 bits per heavy atom. The highest BCUT2D eigenvalue weighted by Crippen LogP contribution is 2.52. The van der Waals surface area contributed by atoms with Gasteiger partial charge in [-0.25, -0.2) is 0 Å². The number of likely N-dealkylation sites (tertiary alicyclic amines) is 1. The zero-order valence-electron chi connectivity index (χ0n) is 16.9. The molecule has 3 aliphatic rings. The first-order valence-corrected chi connectivity index (χ1v) is 10.3. The van der Waals surface area contributed by atoms with Gasteiger partial charge in [0.15, 0.2) is 5.96 Å². The van der Waals surface area contributed by atoms with E-state index in [1.54, 1.807) is 0 Å². The van der Waals surface area contributed by atoms with Crippen molar-refractivity contribution in [2.45, 2.75) is 52.2 Å². The topological polar surface area (TPSA) is 36.9 Å². The summed E-state index contributed by atoms with van der Waals surface area (Å²) in [6.45, 7) is 10.8. The minimum Gasteiger partial charge on any atom is -0.377 e. The van der Waals surface area contributed by atoms with E-state index in [-0.39, 0.29) is 29.4 Å². The van der Waals surface area contributed by atoms with Crippen molar-refractivity contribution in [2.24, 2.45) is 22.2 Å². The molecule has 0 radical (unpaired) electrons. The zero-order chi connectivity index (χ0) is 18.1. The summed E-state index contributed by atoms with van der Waals surface area (Å²) in [6.07, 6.45) is 4.03. The van der Waals surface area contributed by atoms with E-state index in [4.69, 9.17) is 9.73 Å². The van der Waals surface area contributed by atoms with Crippen LogP contribution in [0.5, 0.6) is 0 Å². The zero-order valence-corrected chi connectivity index (χ0v) is 19.2. The molecular formula is C22H34IN3O. The SMILES string of the molecule is CCN=C(NC1C2CCOC2C1(C)C)N1CCC(Cc2ccccc2)C1.I. The minimum absolute atomic E-state index is 0. The van der Waals surface area contributed by atoms with E-state index < -0.39 is 0 Å². The largest absolute Gasteiger partial charge is 0.377 e. The first-order valence-electron chi connectivity index (χ1n) is 10.3. The number of hydrogen-bond donors (Lipinski definition) is 1. The predicted molar refractivity (Wildman–Crippen MR) is 122 cm³/mol. The second-order valence-electron chi connectivity index (χ2n) is 8.78. The number of guanidine groups is 1. The Bertz CT molecular complexity index is 648. The molecule has 2 saturated heterocycles. The molecule has 2 heterocycles. The van der Waals surface area contributed by atoms with Gasteiger partial charge < -0.3 is 15.0 Å². The van der Waals surface area contributed by atoms with E-state index in [0.29, 0.717) is 18.1 Å². The van der Waals surface area contributed by atoms with Gasteiger partial charge in [0.25, 0.3) is 0 Å². The first kappa shape index (κ1) is 20.9. The number of halogens is 1. The summed E-state index contributed by atoms with van der Waals surface area (Å²) in [4.78, 5) is 7.32. The van der Waals surface area contributed by atoms with E-state index in [2.05, 4.69) is 61.3 Å². The van der Waals surface area contributed by atoms with Crippen molar-refractivity contribution in [2.75, 3.05) is 26.2 Å². The van der Waals surface area contributed by atoms with Gasteiger partial charge in [-0.1, -0.05) is 44.2 Å². The molecule has 4 nitrogen and oxygen atoms in total. The Morgan fingerprint density at radius 3 is 2.78 bits per heavy atom. The van der Waals surface area contributed by atoms with Gasteiger partial charge in [0, 0.05) is 43.6 Å². The molecule has 4 rings (SSSR count). The molecule has 1 saturated carbocycles. The lowest BCUT2D eigenvalue weighted by Crippen LogP contribution is -2.68. The number of nitrogens with one attached hydrogen (secondary N) is 1. The summed E-state index contributed by atoms with van der Waals surface area (Å²) >= 11 is 0. The molecule has 3 fully saturated rings. The van der Waals surface area contributed by atoms with E-state index in [0.717, 1.165) is 38.1 Å². The lowest BCUT2D eigenvalue weighted by Gasteiger charge is -2.55. The molecule has 5 heteroatoms. The van der Waals surface area contributed by atoms with Crippen LogP contribution >= 0.6 is 24.0 Å². The van der Waals surface area contributed by atoms with Gasteiger partial charge in [-0.05, 0) is 37.7 Å². The van der Waals surface area contributed by atoms with Crippen molar-refractivity contribution in [1.82, 2.24) is 10.2 Å². The van der Waals surface area contributed by atoms with Crippen LogP contribution in [-0.4, -0.2) is 49.2 Å². The molecule has 0 spiro atoms. The van der Waals surface area contributed by atoms with Crippen LogP contribution in [0.1, 0.15) is 39.2 Å². The maximum absolute atomic E-state index is 5.95. The van der Waals surface area contributed by atoms with Gasteiger partial charge in [0.1, 0.15) is 0 Å². The highest BCUT2D eigenvalue weighted by Gasteiger charge is 2.59. The second-order valence-corrected chi connectivity index (χ2v) is 8.78. The van der Waals surface area contributed by atoms with Crippen LogP contribution in [0.15, 0.2) is 35.3 Å². The molecule has 27 heavy (non-hydrogen) atoms. The van der Waals surface area contributed by atoms with Crippen LogP contribution in [0.25, 0.3) is 0 Å². The van der Waals surface area contributed by atoms with Crippen LogP contribution in [0, 0.1) is 17.3 Å². The van der Waals surface area contributed by atoms with Crippen LogP contribution in [0.3, 0.4) is 0 Å². The molecule has 2 aliphatic heterocycles.